The van der Waals surface area contributed by atoms with E-state index in [0.717, 1.165) is 12.6 Å². The Kier molecular flexibility index (Phi) is 4.72. The number of amides is 1. The Hall–Kier alpha value is -2.18. The number of carbonyl (C=O) groups is 1. The van der Waals surface area contributed by atoms with Crippen LogP contribution in [0.5, 0.6) is 0 Å². The van der Waals surface area contributed by atoms with Crippen molar-refractivity contribution in [3.63, 3.8) is 0 Å². The third-order valence-electron chi connectivity index (χ3n) is 4.17. The smallest absolute Gasteiger partial charge is 0.288 e. The third kappa shape index (κ3) is 3.68. The summed E-state index contributed by atoms with van der Waals surface area (Å²) in [5.41, 5.74) is 5.46. The molecule has 0 aromatic carbocycles. The highest BCUT2D eigenvalue weighted by Gasteiger charge is 2.23. The monoisotopic (exact) mass is 292 g/mol. The summed E-state index contributed by atoms with van der Waals surface area (Å²) >= 11 is 0. The van der Waals surface area contributed by atoms with Crippen LogP contribution in [0.25, 0.3) is 0 Å². The number of pyridine rings is 1. The first-order valence-electron chi connectivity index (χ1n) is 7.17. The van der Waals surface area contributed by atoms with Crippen molar-refractivity contribution in [1.29, 1.82) is 0 Å². The Morgan fingerprint density at radius 2 is 2.24 bits per heavy atom. The van der Waals surface area contributed by atoms with Gasteiger partial charge < -0.3 is 11.1 Å². The van der Waals surface area contributed by atoms with Crippen molar-refractivity contribution in [2.75, 3.05) is 12.3 Å². The second-order valence-corrected chi connectivity index (χ2v) is 5.62. The van der Waals surface area contributed by atoms with Gasteiger partial charge in [0.2, 0.25) is 0 Å². The Labute approximate surface area is 123 Å². The van der Waals surface area contributed by atoms with E-state index >= 15 is 0 Å². The molecule has 0 aliphatic heterocycles. The molecular weight excluding hydrogens is 272 g/mol. The lowest BCUT2D eigenvalue weighted by molar-refractivity contribution is -0.385. The number of rotatable bonds is 4. The van der Waals surface area contributed by atoms with Crippen molar-refractivity contribution in [1.82, 2.24) is 10.3 Å². The molecule has 0 bridgehead atoms. The fourth-order valence-corrected chi connectivity index (χ4v) is 2.76. The Balaban J connectivity index is 2.02. The summed E-state index contributed by atoms with van der Waals surface area (Å²) in [5, 5.41) is 13.6. The van der Waals surface area contributed by atoms with Gasteiger partial charge in [-0.05, 0) is 18.3 Å². The van der Waals surface area contributed by atoms with Gasteiger partial charge in [-0.15, -0.1) is 0 Å². The molecule has 0 radical (unpaired) electrons. The fraction of sp³-hybridized carbons (Fsp3) is 0.571. The number of nitrogens with one attached hydrogen (secondary N) is 1. The molecule has 7 nitrogen and oxygen atoms in total. The quantitative estimate of drug-likeness (QED) is 0.652. The molecule has 1 aromatic heterocycles. The van der Waals surface area contributed by atoms with E-state index in [9.17, 15) is 14.9 Å². The minimum Gasteiger partial charge on any atom is -0.383 e. The van der Waals surface area contributed by atoms with Crippen molar-refractivity contribution in [3.8, 4) is 0 Å². The first-order chi connectivity index (χ1) is 9.99. The second-order valence-electron chi connectivity index (χ2n) is 5.62. The van der Waals surface area contributed by atoms with E-state index in [-0.39, 0.29) is 17.1 Å². The van der Waals surface area contributed by atoms with Gasteiger partial charge in [-0.3, -0.25) is 14.9 Å². The summed E-state index contributed by atoms with van der Waals surface area (Å²) in [6, 6.07) is 1.17. The van der Waals surface area contributed by atoms with E-state index in [2.05, 4.69) is 17.2 Å². The minimum atomic E-state index is -0.591. The Morgan fingerprint density at radius 1 is 1.52 bits per heavy atom. The van der Waals surface area contributed by atoms with Gasteiger partial charge in [-0.25, -0.2) is 4.98 Å². The SMILES string of the molecule is CC1CCCCC1CNC(=O)c1cc([N+](=O)[O-])cnc1N. The van der Waals surface area contributed by atoms with Crippen LogP contribution in [0.3, 0.4) is 0 Å². The zero-order chi connectivity index (χ0) is 15.4. The Bertz CT molecular complexity index is 547. The number of aromatic nitrogens is 1. The van der Waals surface area contributed by atoms with Gasteiger partial charge in [-0.1, -0.05) is 26.2 Å². The van der Waals surface area contributed by atoms with Crippen LogP contribution in [0.4, 0.5) is 11.5 Å². The molecule has 0 saturated heterocycles. The standard InChI is InChI=1S/C14H20N4O3/c1-9-4-2-3-5-10(9)7-17-14(19)12-6-11(18(20)21)8-16-13(12)15/h6,8-10H,2-5,7H2,1H3,(H2,15,16)(H,17,19). The van der Waals surface area contributed by atoms with Gasteiger partial charge in [0.05, 0.1) is 10.5 Å². The van der Waals surface area contributed by atoms with E-state index in [0.29, 0.717) is 18.4 Å². The molecule has 1 heterocycles. The number of hydrogen-bond donors (Lipinski definition) is 2. The van der Waals surface area contributed by atoms with Gasteiger partial charge in [0.25, 0.3) is 11.6 Å². The van der Waals surface area contributed by atoms with Crippen LogP contribution < -0.4 is 11.1 Å². The van der Waals surface area contributed by atoms with Crippen LogP contribution in [0.15, 0.2) is 12.3 Å². The van der Waals surface area contributed by atoms with E-state index in [1.165, 1.54) is 25.3 Å². The first-order valence-corrected chi connectivity index (χ1v) is 7.17. The normalized spacial score (nSPS) is 21.8. The lowest BCUT2D eigenvalue weighted by Crippen LogP contribution is -2.33. The molecule has 7 heteroatoms. The van der Waals surface area contributed by atoms with E-state index < -0.39 is 10.8 Å². The minimum absolute atomic E-state index is 0.00907. The van der Waals surface area contributed by atoms with Gasteiger partial charge in [0.1, 0.15) is 12.0 Å². The summed E-state index contributed by atoms with van der Waals surface area (Å²) in [6.45, 7) is 2.77. The molecule has 1 aliphatic carbocycles. The van der Waals surface area contributed by atoms with Crippen molar-refractivity contribution < 1.29 is 9.72 Å². The number of hydrogen-bond acceptors (Lipinski definition) is 5. The molecule has 2 atom stereocenters. The fourth-order valence-electron chi connectivity index (χ4n) is 2.76. The number of carbonyl (C=O) groups excluding carboxylic acids is 1. The summed E-state index contributed by atoms with van der Waals surface area (Å²) in [4.78, 5) is 26.0. The summed E-state index contributed by atoms with van der Waals surface area (Å²) in [6.07, 6.45) is 5.76. The molecule has 2 unspecified atom stereocenters. The number of nitrogens with zero attached hydrogens (tertiary/aromatic N) is 2. The molecule has 2 rings (SSSR count). The number of nitrogen functional groups attached to an aromatic ring is 1. The Morgan fingerprint density at radius 3 is 2.90 bits per heavy atom. The average molecular weight is 292 g/mol. The van der Waals surface area contributed by atoms with E-state index in [4.69, 9.17) is 5.73 Å². The molecule has 1 amide bonds. The molecule has 1 aromatic rings. The summed E-state index contributed by atoms with van der Waals surface area (Å²) in [5.74, 6) is 0.645. The number of nitro groups is 1. The van der Waals surface area contributed by atoms with Crippen molar-refractivity contribution >= 4 is 17.4 Å². The number of anilines is 1. The van der Waals surface area contributed by atoms with Crippen LogP contribution in [0.1, 0.15) is 43.0 Å². The van der Waals surface area contributed by atoms with Crippen molar-refractivity contribution in [2.45, 2.75) is 32.6 Å². The van der Waals surface area contributed by atoms with Crippen LogP contribution in [-0.2, 0) is 0 Å². The van der Waals surface area contributed by atoms with Gasteiger partial charge >= 0.3 is 0 Å². The predicted molar refractivity (Wildman–Crippen MR) is 78.8 cm³/mol. The van der Waals surface area contributed by atoms with Gasteiger partial charge in [-0.2, -0.15) is 0 Å². The summed E-state index contributed by atoms with van der Waals surface area (Å²) in [7, 11) is 0. The molecule has 114 valence electrons. The predicted octanol–water partition coefficient (Wildman–Crippen LogP) is 2.13. The molecule has 1 fully saturated rings. The van der Waals surface area contributed by atoms with Crippen LogP contribution >= 0.6 is 0 Å². The van der Waals surface area contributed by atoms with E-state index in [1.54, 1.807) is 0 Å². The maximum Gasteiger partial charge on any atom is 0.288 e. The average Bonchev–Trinajstić information content (AvgIpc) is 2.46. The number of nitrogens with two attached hydrogens (primary N) is 1. The molecule has 1 aliphatic rings. The summed E-state index contributed by atoms with van der Waals surface area (Å²) < 4.78 is 0. The van der Waals surface area contributed by atoms with E-state index in [1.807, 2.05) is 0 Å². The largest absolute Gasteiger partial charge is 0.383 e. The molecule has 3 N–H and O–H groups in total. The van der Waals surface area contributed by atoms with Crippen LogP contribution in [0, 0.1) is 22.0 Å². The van der Waals surface area contributed by atoms with Gasteiger partial charge in [0, 0.05) is 12.6 Å². The zero-order valence-electron chi connectivity index (χ0n) is 12.0. The molecule has 21 heavy (non-hydrogen) atoms. The first kappa shape index (κ1) is 15.2. The lowest BCUT2D eigenvalue weighted by Gasteiger charge is -2.28. The highest BCUT2D eigenvalue weighted by Crippen LogP contribution is 2.29. The van der Waals surface area contributed by atoms with Crippen molar-refractivity contribution in [2.24, 2.45) is 11.8 Å². The topological polar surface area (TPSA) is 111 Å². The molecule has 1 saturated carbocycles. The maximum absolute atomic E-state index is 12.1. The van der Waals surface area contributed by atoms with Gasteiger partial charge in [0.15, 0.2) is 0 Å². The lowest BCUT2D eigenvalue weighted by atomic mass is 9.80. The van der Waals surface area contributed by atoms with Crippen molar-refractivity contribution in [3.05, 3.63) is 27.9 Å². The second kappa shape index (κ2) is 6.51. The molecular formula is C14H20N4O3. The molecule has 0 spiro atoms. The maximum atomic E-state index is 12.1. The highest BCUT2D eigenvalue weighted by atomic mass is 16.6. The highest BCUT2D eigenvalue weighted by molar-refractivity contribution is 5.98. The van der Waals surface area contributed by atoms with Crippen LogP contribution in [-0.4, -0.2) is 22.4 Å². The van der Waals surface area contributed by atoms with Crippen LogP contribution in [0.2, 0.25) is 0 Å². The zero-order valence-corrected chi connectivity index (χ0v) is 12.0. The third-order valence-corrected chi connectivity index (χ3v) is 4.17.